The van der Waals surface area contributed by atoms with Crippen LogP contribution in [0.4, 0.5) is 0 Å². The normalized spacial score (nSPS) is 13.3. The summed E-state index contributed by atoms with van der Waals surface area (Å²) < 4.78 is 10.5. The van der Waals surface area contributed by atoms with Crippen molar-refractivity contribution in [3.8, 4) is 0 Å². The van der Waals surface area contributed by atoms with Crippen LogP contribution in [-0.4, -0.2) is 31.0 Å². The van der Waals surface area contributed by atoms with Crippen LogP contribution in [0.5, 0.6) is 0 Å². The smallest absolute Gasteiger partial charge is 0.303 e. The van der Waals surface area contributed by atoms with Crippen molar-refractivity contribution in [1.29, 1.82) is 5.41 Å². The molecule has 0 amide bonds. The van der Waals surface area contributed by atoms with Crippen molar-refractivity contribution in [2.75, 3.05) is 13.2 Å². The first-order chi connectivity index (χ1) is 6.87. The number of ether oxygens (including phenoxy) is 2. The summed E-state index contributed by atoms with van der Waals surface area (Å²) in [6.45, 7) is 8.00. The maximum atomic E-state index is 10.8. The minimum Gasteiger partial charge on any atom is -0.457 e. The number of hydrogen-bond donors (Lipinski definition) is 1. The van der Waals surface area contributed by atoms with Gasteiger partial charge in [0.15, 0.2) is 0 Å². The molecule has 88 valence electrons. The van der Waals surface area contributed by atoms with Crippen molar-refractivity contribution in [2.24, 2.45) is 5.92 Å². The third-order valence-corrected chi connectivity index (χ3v) is 1.79. The maximum Gasteiger partial charge on any atom is 0.303 e. The molecule has 4 heteroatoms. The minimum atomic E-state index is -0.573. The predicted molar refractivity (Wildman–Crippen MR) is 59.2 cm³/mol. The molecule has 0 rings (SSSR count). The van der Waals surface area contributed by atoms with Gasteiger partial charge in [0, 0.05) is 13.5 Å². The molecule has 0 fully saturated rings. The van der Waals surface area contributed by atoms with E-state index in [9.17, 15) is 4.79 Å². The van der Waals surface area contributed by atoms with Gasteiger partial charge in [-0.15, -0.1) is 0 Å². The number of hydrogen-bond acceptors (Lipinski definition) is 4. The van der Waals surface area contributed by atoms with E-state index < -0.39 is 5.60 Å². The average molecular weight is 215 g/mol. The highest BCUT2D eigenvalue weighted by Crippen LogP contribution is 2.11. The summed E-state index contributed by atoms with van der Waals surface area (Å²) in [6.07, 6.45) is 2.10. The van der Waals surface area contributed by atoms with Crippen molar-refractivity contribution >= 4 is 12.2 Å². The Morgan fingerprint density at radius 3 is 2.60 bits per heavy atom. The molecule has 15 heavy (non-hydrogen) atoms. The van der Waals surface area contributed by atoms with E-state index in [1.807, 2.05) is 20.8 Å². The molecule has 4 nitrogen and oxygen atoms in total. The van der Waals surface area contributed by atoms with Crippen LogP contribution in [-0.2, 0) is 14.3 Å². The molecule has 0 aliphatic carbocycles. The third-order valence-electron chi connectivity index (χ3n) is 1.79. The largest absolute Gasteiger partial charge is 0.457 e. The fourth-order valence-corrected chi connectivity index (χ4v) is 1.19. The van der Waals surface area contributed by atoms with Gasteiger partial charge in [0.25, 0.3) is 0 Å². The lowest BCUT2D eigenvalue weighted by atomic mass is 10.1. The van der Waals surface area contributed by atoms with Crippen molar-refractivity contribution in [3.63, 3.8) is 0 Å². The van der Waals surface area contributed by atoms with Crippen LogP contribution < -0.4 is 0 Å². The lowest BCUT2D eigenvalue weighted by molar-refractivity contribution is -0.159. The first kappa shape index (κ1) is 14.1. The van der Waals surface area contributed by atoms with Gasteiger partial charge in [-0.05, 0) is 32.4 Å². The van der Waals surface area contributed by atoms with E-state index >= 15 is 0 Å². The molecule has 0 heterocycles. The number of nitrogens with one attached hydrogen (secondary N) is 1. The highest BCUT2D eigenvalue weighted by Gasteiger charge is 2.21. The zero-order valence-corrected chi connectivity index (χ0v) is 10.0. The molecule has 0 saturated carbocycles. The lowest BCUT2D eigenvalue weighted by Gasteiger charge is -2.24. The Kier molecular flexibility index (Phi) is 6.17. The van der Waals surface area contributed by atoms with Gasteiger partial charge in [0.05, 0.1) is 6.61 Å². The Hall–Kier alpha value is -0.900. The van der Waals surface area contributed by atoms with E-state index in [4.69, 9.17) is 14.9 Å². The summed E-state index contributed by atoms with van der Waals surface area (Å²) in [5, 5.41) is 6.93. The highest BCUT2D eigenvalue weighted by atomic mass is 16.6. The molecule has 0 spiro atoms. The van der Waals surface area contributed by atoms with Gasteiger partial charge in [-0.1, -0.05) is 6.92 Å². The summed E-state index contributed by atoms with van der Waals surface area (Å²) in [4.78, 5) is 10.8. The van der Waals surface area contributed by atoms with E-state index in [0.29, 0.717) is 25.6 Å². The third kappa shape index (κ3) is 8.12. The van der Waals surface area contributed by atoms with Crippen molar-refractivity contribution in [1.82, 2.24) is 0 Å². The first-order valence-corrected chi connectivity index (χ1v) is 5.13. The Morgan fingerprint density at radius 1 is 1.53 bits per heavy atom. The maximum absolute atomic E-state index is 10.8. The van der Waals surface area contributed by atoms with Crippen LogP contribution in [0.2, 0.25) is 0 Å². The quantitative estimate of drug-likeness (QED) is 0.522. The van der Waals surface area contributed by atoms with E-state index in [1.165, 1.54) is 13.1 Å². The summed E-state index contributed by atoms with van der Waals surface area (Å²) in [7, 11) is 0. The zero-order valence-electron chi connectivity index (χ0n) is 10.0. The van der Waals surface area contributed by atoms with Crippen LogP contribution >= 0.6 is 0 Å². The number of rotatable bonds is 7. The molecule has 0 radical (unpaired) electrons. The van der Waals surface area contributed by atoms with E-state index in [1.54, 1.807) is 0 Å². The van der Waals surface area contributed by atoms with E-state index in [-0.39, 0.29) is 5.97 Å². The molecule has 0 bridgehead atoms. The summed E-state index contributed by atoms with van der Waals surface area (Å²) in [6, 6.07) is 0. The van der Waals surface area contributed by atoms with Gasteiger partial charge in [-0.25, -0.2) is 0 Å². The lowest BCUT2D eigenvalue weighted by Crippen LogP contribution is -2.33. The predicted octanol–water partition coefficient (Wildman–Crippen LogP) is 2.02. The number of carbonyl (C=O) groups excluding carboxylic acids is 1. The molecule has 0 saturated heterocycles. The molecular formula is C11H21NO3. The average Bonchev–Trinajstić information content (AvgIpc) is 2.01. The molecule has 0 aromatic heterocycles. The summed E-state index contributed by atoms with van der Waals surface area (Å²) >= 11 is 0. The fourth-order valence-electron chi connectivity index (χ4n) is 1.19. The molecule has 0 aliphatic heterocycles. The summed E-state index contributed by atoms with van der Waals surface area (Å²) in [5.74, 6) is 0.0340. The fraction of sp³-hybridized carbons (Fsp3) is 0.818. The Bertz CT molecular complexity index is 214. The summed E-state index contributed by atoms with van der Waals surface area (Å²) in [5.41, 5.74) is -0.573. The van der Waals surface area contributed by atoms with Gasteiger partial charge >= 0.3 is 5.97 Å². The second-order valence-corrected chi connectivity index (χ2v) is 4.41. The van der Waals surface area contributed by atoms with Crippen molar-refractivity contribution in [2.45, 2.75) is 39.7 Å². The van der Waals surface area contributed by atoms with Crippen LogP contribution in [0, 0.1) is 11.3 Å². The van der Waals surface area contributed by atoms with Crippen molar-refractivity contribution in [3.05, 3.63) is 0 Å². The van der Waals surface area contributed by atoms with Gasteiger partial charge in [0.1, 0.15) is 5.60 Å². The number of carbonyl (C=O) groups is 1. The second kappa shape index (κ2) is 6.56. The topological polar surface area (TPSA) is 59.4 Å². The Balaban J connectivity index is 3.73. The van der Waals surface area contributed by atoms with Crippen LogP contribution in [0.25, 0.3) is 0 Å². The second-order valence-electron chi connectivity index (χ2n) is 4.41. The van der Waals surface area contributed by atoms with Crippen LogP contribution in [0.3, 0.4) is 0 Å². The van der Waals surface area contributed by atoms with Gasteiger partial charge < -0.3 is 14.9 Å². The van der Waals surface area contributed by atoms with Gasteiger partial charge in [-0.3, -0.25) is 4.79 Å². The molecule has 0 aliphatic rings. The number of esters is 1. The standard InChI is InChI=1S/C11H21NO3/c1-9(5-6-12)7-14-8-11(3,4)15-10(2)13/h6,9,12H,5,7-8H2,1-4H3/t9-/m1/s1. The Morgan fingerprint density at radius 2 is 2.13 bits per heavy atom. The molecule has 0 aromatic rings. The van der Waals surface area contributed by atoms with Gasteiger partial charge in [0.2, 0.25) is 0 Å². The van der Waals surface area contributed by atoms with E-state index in [2.05, 4.69) is 0 Å². The first-order valence-electron chi connectivity index (χ1n) is 5.13. The van der Waals surface area contributed by atoms with Crippen molar-refractivity contribution < 1.29 is 14.3 Å². The molecular weight excluding hydrogens is 194 g/mol. The molecule has 0 aromatic carbocycles. The zero-order chi connectivity index (χ0) is 11.9. The van der Waals surface area contributed by atoms with Crippen LogP contribution in [0.15, 0.2) is 0 Å². The van der Waals surface area contributed by atoms with Gasteiger partial charge in [-0.2, -0.15) is 0 Å². The molecule has 1 N–H and O–H groups in total. The highest BCUT2D eigenvalue weighted by molar-refractivity contribution is 5.66. The molecule has 0 unspecified atom stereocenters. The minimum absolute atomic E-state index is 0.295. The monoisotopic (exact) mass is 215 g/mol. The SMILES string of the molecule is CC(=O)OC(C)(C)COC[C@H](C)CC=N. The van der Waals surface area contributed by atoms with E-state index in [0.717, 1.165) is 0 Å². The van der Waals surface area contributed by atoms with Crippen LogP contribution in [0.1, 0.15) is 34.1 Å². The Labute approximate surface area is 91.5 Å². The molecule has 1 atom stereocenters.